The maximum atomic E-state index is 12.4. The molecule has 5 nitrogen and oxygen atoms in total. The van der Waals surface area contributed by atoms with Crippen LogP contribution in [0.5, 0.6) is 0 Å². The van der Waals surface area contributed by atoms with Crippen molar-refractivity contribution in [1.82, 2.24) is 9.80 Å². The van der Waals surface area contributed by atoms with Gasteiger partial charge in [0.25, 0.3) is 5.91 Å². The fraction of sp³-hybridized carbons (Fsp3) is 0.588. The highest BCUT2D eigenvalue weighted by atomic mass is 16.5. The van der Waals surface area contributed by atoms with E-state index in [9.17, 15) is 9.90 Å². The second-order valence-corrected chi connectivity index (χ2v) is 5.91. The van der Waals surface area contributed by atoms with E-state index in [1.165, 1.54) is 0 Å². The van der Waals surface area contributed by atoms with Gasteiger partial charge in [-0.3, -0.25) is 9.69 Å². The molecule has 2 rings (SSSR count). The van der Waals surface area contributed by atoms with Crippen molar-refractivity contribution in [2.24, 2.45) is 0 Å². The molecule has 1 aromatic carbocycles. The van der Waals surface area contributed by atoms with Gasteiger partial charge in [-0.15, -0.1) is 0 Å². The topological polar surface area (TPSA) is 53.0 Å². The summed E-state index contributed by atoms with van der Waals surface area (Å²) < 4.78 is 5.69. The van der Waals surface area contributed by atoms with Crippen LogP contribution in [0, 0.1) is 0 Å². The van der Waals surface area contributed by atoms with E-state index in [0.717, 1.165) is 18.7 Å². The van der Waals surface area contributed by atoms with Gasteiger partial charge in [-0.05, 0) is 19.4 Å². The van der Waals surface area contributed by atoms with Gasteiger partial charge in [-0.1, -0.05) is 30.3 Å². The molecule has 0 unspecified atom stereocenters. The fourth-order valence-corrected chi connectivity index (χ4v) is 2.65. The third kappa shape index (κ3) is 5.09. The summed E-state index contributed by atoms with van der Waals surface area (Å²) in [4.78, 5) is 16.4. The Labute approximate surface area is 132 Å². The van der Waals surface area contributed by atoms with E-state index >= 15 is 0 Å². The monoisotopic (exact) mass is 306 g/mol. The minimum absolute atomic E-state index is 0.0487. The lowest BCUT2D eigenvalue weighted by molar-refractivity contribution is -0.145. The zero-order chi connectivity index (χ0) is 15.9. The van der Waals surface area contributed by atoms with Crippen LogP contribution in [0.1, 0.15) is 19.4 Å². The van der Waals surface area contributed by atoms with E-state index in [1.807, 2.05) is 42.2 Å². The molecular formula is C17H26N2O3. The summed E-state index contributed by atoms with van der Waals surface area (Å²) in [7, 11) is 0. The third-order valence-electron chi connectivity index (χ3n) is 3.90. The van der Waals surface area contributed by atoms with Gasteiger partial charge >= 0.3 is 0 Å². The molecule has 1 heterocycles. The molecule has 1 aliphatic rings. The molecule has 0 radical (unpaired) electrons. The highest BCUT2D eigenvalue weighted by Gasteiger charge is 2.25. The van der Waals surface area contributed by atoms with Crippen LogP contribution in [0.2, 0.25) is 0 Å². The van der Waals surface area contributed by atoms with Crippen LogP contribution in [0.4, 0.5) is 0 Å². The minimum atomic E-state index is -0.427. The van der Waals surface area contributed by atoms with Crippen LogP contribution in [0.25, 0.3) is 0 Å². The summed E-state index contributed by atoms with van der Waals surface area (Å²) in [5.41, 5.74) is 1.07. The van der Waals surface area contributed by atoms with Crippen molar-refractivity contribution in [2.45, 2.75) is 32.7 Å². The number of carbonyl (C=O) groups excluding carboxylic acids is 1. The zero-order valence-corrected chi connectivity index (χ0v) is 13.4. The fourth-order valence-electron chi connectivity index (χ4n) is 2.65. The average Bonchev–Trinajstić information content (AvgIpc) is 2.53. The van der Waals surface area contributed by atoms with Crippen molar-refractivity contribution < 1.29 is 14.6 Å². The summed E-state index contributed by atoms with van der Waals surface area (Å²) >= 11 is 0. The maximum absolute atomic E-state index is 12.4. The van der Waals surface area contributed by atoms with Gasteiger partial charge < -0.3 is 14.7 Å². The molecule has 1 amide bonds. The zero-order valence-electron chi connectivity index (χ0n) is 13.4. The first-order valence-corrected chi connectivity index (χ1v) is 7.91. The van der Waals surface area contributed by atoms with E-state index < -0.39 is 6.10 Å². The van der Waals surface area contributed by atoms with Gasteiger partial charge in [-0.25, -0.2) is 0 Å². The van der Waals surface area contributed by atoms with Crippen molar-refractivity contribution in [3.05, 3.63) is 35.9 Å². The number of β-amino-alcohol motifs (C(OH)–C–C–N with tert-alkyl or cyclic N) is 1. The lowest BCUT2D eigenvalue weighted by atomic mass is 10.2. The molecule has 1 aromatic rings. The summed E-state index contributed by atoms with van der Waals surface area (Å²) in [6.45, 7) is 7.74. The predicted molar refractivity (Wildman–Crippen MR) is 85.4 cm³/mol. The van der Waals surface area contributed by atoms with Gasteiger partial charge in [0.2, 0.25) is 0 Å². The molecular weight excluding hydrogens is 280 g/mol. The van der Waals surface area contributed by atoms with Crippen LogP contribution in [0.3, 0.4) is 0 Å². The normalized spacial score (nSPS) is 19.0. The first kappa shape index (κ1) is 16.9. The van der Waals surface area contributed by atoms with E-state index in [2.05, 4.69) is 4.90 Å². The lowest BCUT2D eigenvalue weighted by Gasteiger charge is -2.36. The Hall–Kier alpha value is -1.43. The van der Waals surface area contributed by atoms with Gasteiger partial charge in [0.15, 0.2) is 0 Å². The number of hydrogen-bond acceptors (Lipinski definition) is 4. The number of piperazine rings is 1. The summed E-state index contributed by atoms with van der Waals surface area (Å²) in [6, 6.07) is 9.88. The molecule has 5 heteroatoms. The van der Waals surface area contributed by atoms with E-state index in [1.54, 1.807) is 6.92 Å². The largest absolute Gasteiger partial charge is 0.392 e. The number of rotatable bonds is 6. The minimum Gasteiger partial charge on any atom is -0.392 e. The molecule has 1 saturated heterocycles. The molecule has 0 saturated carbocycles. The Balaban J connectivity index is 1.74. The number of hydrogen-bond donors (Lipinski definition) is 1. The molecule has 1 N–H and O–H groups in total. The van der Waals surface area contributed by atoms with E-state index in [4.69, 9.17) is 4.74 Å². The first-order valence-electron chi connectivity index (χ1n) is 7.91. The summed E-state index contributed by atoms with van der Waals surface area (Å²) in [5.74, 6) is 0.0487. The van der Waals surface area contributed by atoms with Crippen LogP contribution >= 0.6 is 0 Å². The average molecular weight is 306 g/mol. The molecule has 0 aromatic heterocycles. The molecule has 1 aliphatic heterocycles. The number of aliphatic hydroxyl groups is 1. The number of carbonyl (C=O) groups is 1. The van der Waals surface area contributed by atoms with Crippen LogP contribution < -0.4 is 0 Å². The van der Waals surface area contributed by atoms with Gasteiger partial charge in [0.1, 0.15) is 6.10 Å². The second-order valence-electron chi connectivity index (χ2n) is 5.91. The van der Waals surface area contributed by atoms with Crippen LogP contribution in [-0.2, 0) is 16.1 Å². The Morgan fingerprint density at radius 3 is 2.41 bits per heavy atom. The number of amides is 1. The third-order valence-corrected chi connectivity index (χ3v) is 3.90. The van der Waals surface area contributed by atoms with Gasteiger partial charge in [-0.2, -0.15) is 0 Å². The van der Waals surface area contributed by atoms with Crippen molar-refractivity contribution in [1.29, 1.82) is 0 Å². The number of aliphatic hydroxyl groups excluding tert-OH is 1. The van der Waals surface area contributed by atoms with E-state index in [0.29, 0.717) is 26.2 Å². The van der Waals surface area contributed by atoms with Crippen LogP contribution in [0.15, 0.2) is 30.3 Å². The molecule has 122 valence electrons. The molecule has 1 fully saturated rings. The Bertz CT molecular complexity index is 456. The molecule has 0 spiro atoms. The van der Waals surface area contributed by atoms with Crippen molar-refractivity contribution in [3.8, 4) is 0 Å². The molecule has 0 bridgehead atoms. The smallest absolute Gasteiger partial charge is 0.251 e. The van der Waals surface area contributed by atoms with Crippen molar-refractivity contribution in [3.63, 3.8) is 0 Å². The summed E-state index contributed by atoms with van der Waals surface area (Å²) in [5, 5.41) is 9.40. The highest BCUT2D eigenvalue weighted by molar-refractivity contribution is 5.80. The SMILES string of the molecule is C[C@@H](O)CN1CCN(C(=O)[C@@H](C)OCc2ccccc2)CC1. The Morgan fingerprint density at radius 1 is 1.18 bits per heavy atom. The number of benzene rings is 1. The number of ether oxygens (including phenoxy) is 1. The van der Waals surface area contributed by atoms with Gasteiger partial charge in [0, 0.05) is 32.7 Å². The van der Waals surface area contributed by atoms with Crippen molar-refractivity contribution in [2.75, 3.05) is 32.7 Å². The maximum Gasteiger partial charge on any atom is 0.251 e. The van der Waals surface area contributed by atoms with Crippen LogP contribution in [-0.4, -0.2) is 65.7 Å². The van der Waals surface area contributed by atoms with Gasteiger partial charge in [0.05, 0.1) is 12.7 Å². The second kappa shape index (κ2) is 8.27. The molecule has 22 heavy (non-hydrogen) atoms. The standard InChI is InChI=1S/C17H26N2O3/c1-14(20)12-18-8-10-19(11-9-18)17(21)15(2)22-13-16-6-4-3-5-7-16/h3-7,14-15,20H,8-13H2,1-2H3/t14-,15-/m1/s1. The molecule has 2 atom stereocenters. The van der Waals surface area contributed by atoms with Crippen molar-refractivity contribution >= 4 is 5.91 Å². The quantitative estimate of drug-likeness (QED) is 0.856. The lowest BCUT2D eigenvalue weighted by Crippen LogP contribution is -2.52. The number of nitrogens with zero attached hydrogens (tertiary/aromatic N) is 2. The Morgan fingerprint density at radius 2 is 1.82 bits per heavy atom. The first-order chi connectivity index (χ1) is 10.6. The predicted octanol–water partition coefficient (Wildman–Crippen LogP) is 1.12. The highest BCUT2D eigenvalue weighted by Crippen LogP contribution is 2.09. The van der Waals surface area contributed by atoms with E-state index in [-0.39, 0.29) is 12.0 Å². The molecule has 0 aliphatic carbocycles. The summed E-state index contributed by atoms with van der Waals surface area (Å²) in [6.07, 6.45) is -0.751. The Kier molecular flexibility index (Phi) is 6.36.